The van der Waals surface area contributed by atoms with E-state index in [1.807, 2.05) is 55.5 Å². The summed E-state index contributed by atoms with van der Waals surface area (Å²) in [6.45, 7) is 1.46. The molecule has 7 heteroatoms. The number of rotatable bonds is 6. The summed E-state index contributed by atoms with van der Waals surface area (Å²) in [5.41, 5.74) is 1.82. The third kappa shape index (κ3) is 9.78. The van der Waals surface area contributed by atoms with Gasteiger partial charge in [0.1, 0.15) is 6.54 Å². The van der Waals surface area contributed by atoms with Crippen LogP contribution in [0.4, 0.5) is 4.79 Å². The lowest BCUT2D eigenvalue weighted by Gasteiger charge is -2.20. The molecular formula is C28H28N2O4S. The van der Waals surface area contributed by atoms with Crippen LogP contribution >= 0.6 is 11.8 Å². The average Bonchev–Trinajstić information content (AvgIpc) is 2.90. The van der Waals surface area contributed by atoms with Gasteiger partial charge in [-0.1, -0.05) is 61.2 Å². The lowest BCUT2D eigenvalue weighted by Crippen LogP contribution is -2.45. The maximum atomic E-state index is 12.7. The highest BCUT2D eigenvalue weighted by molar-refractivity contribution is 7.98. The van der Waals surface area contributed by atoms with Crippen molar-refractivity contribution in [3.63, 3.8) is 0 Å². The molecule has 3 amide bonds. The van der Waals surface area contributed by atoms with Crippen LogP contribution in [-0.4, -0.2) is 47.3 Å². The SMILES string of the molecule is CCCN(C(=O)NCC(=O)O)C(=O)c1cccc(C#Cc2ccccc2)c1.CSc1ccccc1. The van der Waals surface area contributed by atoms with Crippen molar-refractivity contribution in [3.8, 4) is 11.8 Å². The van der Waals surface area contributed by atoms with Crippen LogP contribution in [-0.2, 0) is 4.79 Å². The summed E-state index contributed by atoms with van der Waals surface area (Å²) in [6, 6.07) is 25.7. The van der Waals surface area contributed by atoms with Crippen LogP contribution in [0.3, 0.4) is 0 Å². The predicted octanol–water partition coefficient (Wildman–Crippen LogP) is 5.14. The summed E-state index contributed by atoms with van der Waals surface area (Å²) in [6.07, 6.45) is 2.63. The van der Waals surface area contributed by atoms with Crippen LogP contribution in [0.1, 0.15) is 34.8 Å². The summed E-state index contributed by atoms with van der Waals surface area (Å²) >= 11 is 1.77. The molecule has 180 valence electrons. The fourth-order valence-corrected chi connectivity index (χ4v) is 3.30. The van der Waals surface area contributed by atoms with Gasteiger partial charge in [-0.2, -0.15) is 0 Å². The number of nitrogens with zero attached hydrogens (tertiary/aromatic N) is 1. The minimum atomic E-state index is -1.18. The minimum Gasteiger partial charge on any atom is -0.480 e. The zero-order chi connectivity index (χ0) is 25.5. The molecule has 0 spiro atoms. The second-order valence-electron chi connectivity index (χ2n) is 7.22. The molecule has 0 heterocycles. The van der Waals surface area contributed by atoms with E-state index < -0.39 is 24.5 Å². The molecule has 0 fully saturated rings. The molecule has 0 bridgehead atoms. The molecule has 0 unspecified atom stereocenters. The first kappa shape index (κ1) is 27.2. The molecule has 0 radical (unpaired) electrons. The van der Waals surface area contributed by atoms with Gasteiger partial charge in [0.25, 0.3) is 5.91 Å². The van der Waals surface area contributed by atoms with Crippen molar-refractivity contribution in [3.05, 3.63) is 102 Å². The van der Waals surface area contributed by atoms with E-state index in [1.165, 1.54) is 4.90 Å². The first-order chi connectivity index (χ1) is 16.9. The van der Waals surface area contributed by atoms with Gasteiger partial charge >= 0.3 is 12.0 Å². The van der Waals surface area contributed by atoms with Crippen LogP contribution in [0.15, 0.2) is 89.8 Å². The fourth-order valence-electron chi connectivity index (χ4n) is 2.87. The van der Waals surface area contributed by atoms with E-state index in [0.29, 0.717) is 17.5 Å². The van der Waals surface area contributed by atoms with E-state index >= 15 is 0 Å². The third-order valence-electron chi connectivity index (χ3n) is 4.54. The maximum Gasteiger partial charge on any atom is 0.324 e. The summed E-state index contributed by atoms with van der Waals surface area (Å²) in [5.74, 6) is 4.34. The molecule has 0 aliphatic rings. The first-order valence-corrected chi connectivity index (χ1v) is 12.2. The number of carbonyl (C=O) groups excluding carboxylic acids is 2. The molecule has 35 heavy (non-hydrogen) atoms. The van der Waals surface area contributed by atoms with E-state index in [4.69, 9.17) is 5.11 Å². The number of carboxylic acid groups (broad SMARTS) is 1. The third-order valence-corrected chi connectivity index (χ3v) is 5.29. The number of aliphatic carboxylic acids is 1. The molecule has 0 saturated carbocycles. The Bertz CT molecular complexity index is 1170. The van der Waals surface area contributed by atoms with Gasteiger partial charge < -0.3 is 10.4 Å². The van der Waals surface area contributed by atoms with Crippen molar-refractivity contribution in [1.29, 1.82) is 0 Å². The van der Waals surface area contributed by atoms with E-state index in [9.17, 15) is 14.4 Å². The Balaban J connectivity index is 0.000000456. The molecule has 3 aromatic rings. The van der Waals surface area contributed by atoms with Crippen LogP contribution in [0.25, 0.3) is 0 Å². The lowest BCUT2D eigenvalue weighted by molar-refractivity contribution is -0.135. The standard InChI is InChI=1S/C21H20N2O4.C7H8S/c1-2-13-23(21(27)22-15-19(24)25)20(26)18-10-6-9-17(14-18)12-11-16-7-4-3-5-8-16;1-8-7-5-3-2-4-6-7/h3-10,14H,2,13,15H2,1H3,(H,22,27)(H,24,25);2-6H,1H3. The van der Waals surface area contributed by atoms with Crippen molar-refractivity contribution in [2.45, 2.75) is 18.2 Å². The van der Waals surface area contributed by atoms with E-state index in [-0.39, 0.29) is 6.54 Å². The molecule has 3 rings (SSSR count). The van der Waals surface area contributed by atoms with E-state index in [2.05, 4.69) is 35.5 Å². The molecule has 6 nitrogen and oxygen atoms in total. The second kappa shape index (κ2) is 15.0. The topological polar surface area (TPSA) is 86.7 Å². The van der Waals surface area contributed by atoms with Gasteiger partial charge in [0.05, 0.1) is 0 Å². The predicted molar refractivity (Wildman–Crippen MR) is 139 cm³/mol. The average molecular weight is 489 g/mol. The van der Waals surface area contributed by atoms with Gasteiger partial charge in [-0.15, -0.1) is 11.8 Å². The number of carboxylic acids is 1. The highest BCUT2D eigenvalue weighted by Gasteiger charge is 2.22. The Hall–Kier alpha value is -4.02. The van der Waals surface area contributed by atoms with Crippen molar-refractivity contribution < 1.29 is 19.5 Å². The Morgan fingerprint density at radius 1 is 0.886 bits per heavy atom. The molecule has 0 aromatic heterocycles. The van der Waals surface area contributed by atoms with Gasteiger partial charge in [-0.25, -0.2) is 4.79 Å². The van der Waals surface area contributed by atoms with E-state index in [1.54, 1.807) is 36.0 Å². The quantitative estimate of drug-likeness (QED) is 0.371. The summed E-state index contributed by atoms with van der Waals surface area (Å²) in [5, 5.41) is 10.9. The van der Waals surface area contributed by atoms with Gasteiger partial charge in [0.2, 0.25) is 0 Å². The molecule has 0 aliphatic heterocycles. The number of nitrogens with one attached hydrogen (secondary N) is 1. The maximum absolute atomic E-state index is 12.7. The largest absolute Gasteiger partial charge is 0.480 e. The summed E-state index contributed by atoms with van der Waals surface area (Å²) in [7, 11) is 0. The smallest absolute Gasteiger partial charge is 0.324 e. The number of thioether (sulfide) groups is 1. The van der Waals surface area contributed by atoms with Crippen LogP contribution < -0.4 is 5.32 Å². The molecule has 0 aliphatic carbocycles. The molecule has 0 saturated heterocycles. The van der Waals surface area contributed by atoms with Gasteiger partial charge in [0, 0.05) is 28.1 Å². The number of benzene rings is 3. The monoisotopic (exact) mass is 488 g/mol. The number of hydrogen-bond acceptors (Lipinski definition) is 4. The lowest BCUT2D eigenvalue weighted by atomic mass is 10.1. The van der Waals surface area contributed by atoms with E-state index in [0.717, 1.165) is 10.5 Å². The van der Waals surface area contributed by atoms with Crippen LogP contribution in [0, 0.1) is 11.8 Å². The Morgan fingerprint density at radius 2 is 1.49 bits per heavy atom. The van der Waals surface area contributed by atoms with Gasteiger partial charge in [0.15, 0.2) is 0 Å². The molecule has 0 atom stereocenters. The molecule has 2 N–H and O–H groups in total. The van der Waals surface area contributed by atoms with Crippen LogP contribution in [0.5, 0.6) is 0 Å². The second-order valence-corrected chi connectivity index (χ2v) is 8.10. The highest BCUT2D eigenvalue weighted by Crippen LogP contribution is 2.12. The Kier molecular flexibility index (Phi) is 11.7. The highest BCUT2D eigenvalue weighted by atomic mass is 32.2. The molecule has 3 aromatic carbocycles. The van der Waals surface area contributed by atoms with Gasteiger partial charge in [-0.3, -0.25) is 14.5 Å². The zero-order valence-electron chi connectivity index (χ0n) is 19.7. The Labute approximate surface area is 210 Å². The first-order valence-electron chi connectivity index (χ1n) is 11.0. The summed E-state index contributed by atoms with van der Waals surface area (Å²) in [4.78, 5) is 37.8. The van der Waals surface area contributed by atoms with Crippen molar-refractivity contribution >= 4 is 29.7 Å². The van der Waals surface area contributed by atoms with Crippen molar-refractivity contribution in [2.24, 2.45) is 0 Å². The number of imide groups is 1. The van der Waals surface area contributed by atoms with Crippen molar-refractivity contribution in [2.75, 3.05) is 19.3 Å². The zero-order valence-corrected chi connectivity index (χ0v) is 20.5. The van der Waals surface area contributed by atoms with Crippen molar-refractivity contribution in [1.82, 2.24) is 10.2 Å². The van der Waals surface area contributed by atoms with Crippen LogP contribution in [0.2, 0.25) is 0 Å². The molecular weight excluding hydrogens is 460 g/mol. The number of amides is 3. The summed E-state index contributed by atoms with van der Waals surface area (Å²) < 4.78 is 0. The normalized spacial score (nSPS) is 9.54. The van der Waals surface area contributed by atoms with Gasteiger partial charge in [-0.05, 0) is 55.1 Å². The minimum absolute atomic E-state index is 0.185. The number of hydrogen-bond donors (Lipinski definition) is 2. The Morgan fingerprint density at radius 3 is 2.06 bits per heavy atom. The number of urea groups is 1. The number of carbonyl (C=O) groups is 3. The fraction of sp³-hybridized carbons (Fsp3) is 0.179.